The summed E-state index contributed by atoms with van der Waals surface area (Å²) < 4.78 is 13.5. The van der Waals surface area contributed by atoms with Crippen LogP contribution in [0.15, 0.2) is 54.6 Å². The summed E-state index contributed by atoms with van der Waals surface area (Å²) in [6.45, 7) is 8.21. The summed E-state index contributed by atoms with van der Waals surface area (Å²) in [6, 6.07) is 22.2. The molecule has 2 aromatic rings. The van der Waals surface area contributed by atoms with Crippen molar-refractivity contribution in [3.63, 3.8) is 0 Å². The molecule has 0 amide bonds. The molecule has 1 fully saturated rings. The van der Waals surface area contributed by atoms with Crippen molar-refractivity contribution in [2.75, 3.05) is 6.54 Å². The number of halogens is 1. The van der Waals surface area contributed by atoms with Gasteiger partial charge in [-0.2, -0.15) is 5.26 Å². The zero-order valence-electron chi connectivity index (χ0n) is 19.6. The first-order chi connectivity index (χ1) is 15.1. The first-order valence-electron chi connectivity index (χ1n) is 11.9. The molecule has 3 rings (SSSR count). The molecule has 1 aliphatic rings. The second-order valence-electron chi connectivity index (χ2n) is 8.63. The van der Waals surface area contributed by atoms with Gasteiger partial charge < -0.3 is 0 Å². The minimum Gasteiger partial charge on any atom is -0.296 e. The number of rotatable bonds is 10. The molecule has 3 unspecified atom stereocenters. The molecule has 0 spiro atoms. The lowest BCUT2D eigenvalue weighted by Gasteiger charge is -2.31. The smallest absolute Gasteiger partial charge is 0.101 e. The minimum atomic E-state index is -0.593. The monoisotopic (exact) mass is 422 g/mol. The Morgan fingerprint density at radius 1 is 1.03 bits per heavy atom. The van der Waals surface area contributed by atoms with Crippen molar-refractivity contribution in [1.29, 1.82) is 5.26 Å². The lowest BCUT2D eigenvalue weighted by atomic mass is 9.95. The molecular formula is C28H39FN2. The predicted molar refractivity (Wildman–Crippen MR) is 129 cm³/mol. The molecule has 3 heteroatoms. The average Bonchev–Trinajstić information content (AvgIpc) is 3.22. The Balaban J connectivity index is 0.00000107. The highest BCUT2D eigenvalue weighted by molar-refractivity contribution is 5.26. The highest BCUT2D eigenvalue weighted by Crippen LogP contribution is 2.36. The minimum absolute atomic E-state index is 0.429. The van der Waals surface area contributed by atoms with Crippen LogP contribution >= 0.6 is 0 Å². The first kappa shape index (κ1) is 25.1. The quantitative estimate of drug-likeness (QED) is 0.398. The van der Waals surface area contributed by atoms with Crippen LogP contribution in [-0.2, 0) is 13.0 Å². The van der Waals surface area contributed by atoms with Gasteiger partial charge in [0.25, 0.3) is 0 Å². The maximum absolute atomic E-state index is 13.5. The first-order valence-corrected chi connectivity index (χ1v) is 11.9. The number of aryl methyl sites for hydroxylation is 1. The molecule has 31 heavy (non-hydrogen) atoms. The van der Waals surface area contributed by atoms with Gasteiger partial charge >= 0.3 is 0 Å². The fraction of sp³-hybridized carbons (Fsp3) is 0.536. The fourth-order valence-electron chi connectivity index (χ4n) is 4.66. The molecule has 0 saturated heterocycles. The van der Waals surface area contributed by atoms with Crippen molar-refractivity contribution >= 4 is 0 Å². The van der Waals surface area contributed by atoms with Gasteiger partial charge in [-0.3, -0.25) is 4.90 Å². The standard InChI is InChI=1S/C26H36FN.C2H3N/c1-3-18-28(20-22-8-6-5-7-9-22)26(4-2)17-12-21-10-13-23(14-11-21)24-15-16-25(27)19-24;1-2-3/h5-11,13-14,24-26H,3-4,12,15-20H2,1-2H3;1H3. The Morgan fingerprint density at radius 3 is 2.26 bits per heavy atom. The third kappa shape index (κ3) is 8.46. The van der Waals surface area contributed by atoms with Gasteiger partial charge in [0.15, 0.2) is 0 Å². The van der Waals surface area contributed by atoms with E-state index in [-0.39, 0.29) is 0 Å². The van der Waals surface area contributed by atoms with E-state index in [1.54, 1.807) is 6.07 Å². The molecule has 1 saturated carbocycles. The molecule has 0 N–H and O–H groups in total. The van der Waals surface area contributed by atoms with E-state index in [1.165, 1.54) is 42.9 Å². The van der Waals surface area contributed by atoms with Crippen molar-refractivity contribution in [3.8, 4) is 6.07 Å². The Morgan fingerprint density at radius 2 is 1.71 bits per heavy atom. The van der Waals surface area contributed by atoms with E-state index < -0.39 is 6.17 Å². The van der Waals surface area contributed by atoms with Gasteiger partial charge in [0, 0.05) is 19.5 Å². The Hall–Kier alpha value is -2.18. The molecule has 2 aromatic carbocycles. The Kier molecular flexibility index (Phi) is 11.3. The van der Waals surface area contributed by atoms with Crippen LogP contribution in [0, 0.1) is 11.3 Å². The van der Waals surface area contributed by atoms with Crippen molar-refractivity contribution in [3.05, 3.63) is 71.3 Å². The van der Waals surface area contributed by atoms with Gasteiger partial charge in [0.1, 0.15) is 6.17 Å². The highest BCUT2D eigenvalue weighted by Gasteiger charge is 2.25. The van der Waals surface area contributed by atoms with Crippen molar-refractivity contribution in [2.24, 2.45) is 0 Å². The van der Waals surface area contributed by atoms with Crippen LogP contribution in [0.4, 0.5) is 4.39 Å². The predicted octanol–water partition coefficient (Wildman–Crippen LogP) is 7.45. The molecule has 0 radical (unpaired) electrons. The van der Waals surface area contributed by atoms with Crippen LogP contribution in [-0.4, -0.2) is 23.7 Å². The van der Waals surface area contributed by atoms with Crippen molar-refractivity contribution in [2.45, 2.75) is 90.4 Å². The number of hydrogen-bond donors (Lipinski definition) is 0. The van der Waals surface area contributed by atoms with E-state index in [1.807, 2.05) is 0 Å². The molecule has 0 aliphatic heterocycles. The van der Waals surface area contributed by atoms with Gasteiger partial charge in [-0.15, -0.1) is 0 Å². The van der Waals surface area contributed by atoms with Crippen LogP contribution in [0.1, 0.15) is 81.9 Å². The van der Waals surface area contributed by atoms with E-state index in [2.05, 4.69) is 73.3 Å². The Bertz CT molecular complexity index is 766. The van der Waals surface area contributed by atoms with Gasteiger partial charge in [0.05, 0.1) is 6.07 Å². The summed E-state index contributed by atoms with van der Waals surface area (Å²) >= 11 is 0. The van der Waals surface area contributed by atoms with E-state index in [9.17, 15) is 4.39 Å². The largest absolute Gasteiger partial charge is 0.296 e. The van der Waals surface area contributed by atoms with E-state index >= 15 is 0 Å². The Labute approximate surface area is 189 Å². The lowest BCUT2D eigenvalue weighted by molar-refractivity contribution is 0.173. The SMILES string of the molecule is CC#N.CCCN(Cc1ccccc1)C(CC)CCc1ccc(C2CCC(F)C2)cc1. The summed E-state index contributed by atoms with van der Waals surface area (Å²) in [5.41, 5.74) is 4.14. The van der Waals surface area contributed by atoms with Crippen molar-refractivity contribution < 1.29 is 4.39 Å². The zero-order valence-corrected chi connectivity index (χ0v) is 19.6. The van der Waals surface area contributed by atoms with Gasteiger partial charge in [-0.1, -0.05) is 68.4 Å². The summed E-state index contributed by atoms with van der Waals surface area (Å²) in [7, 11) is 0. The number of nitriles is 1. The third-order valence-electron chi connectivity index (χ3n) is 6.31. The summed E-state index contributed by atoms with van der Waals surface area (Å²) in [5, 5.41) is 7.32. The van der Waals surface area contributed by atoms with Gasteiger partial charge in [-0.05, 0) is 74.1 Å². The van der Waals surface area contributed by atoms with Gasteiger partial charge in [0.2, 0.25) is 0 Å². The summed E-state index contributed by atoms with van der Waals surface area (Å²) in [6.07, 6.45) is 6.54. The molecule has 1 aliphatic carbocycles. The zero-order chi connectivity index (χ0) is 22.5. The normalized spacial score (nSPS) is 18.8. The second kappa shape index (κ2) is 14.0. The lowest BCUT2D eigenvalue weighted by Crippen LogP contribution is -2.35. The molecule has 0 aromatic heterocycles. The van der Waals surface area contributed by atoms with E-state index in [0.29, 0.717) is 18.4 Å². The van der Waals surface area contributed by atoms with Crippen LogP contribution in [0.3, 0.4) is 0 Å². The number of alkyl halides is 1. The van der Waals surface area contributed by atoms with Crippen LogP contribution < -0.4 is 0 Å². The molecule has 2 nitrogen and oxygen atoms in total. The topological polar surface area (TPSA) is 27.0 Å². The summed E-state index contributed by atoms with van der Waals surface area (Å²) in [4.78, 5) is 2.66. The van der Waals surface area contributed by atoms with Crippen LogP contribution in [0.25, 0.3) is 0 Å². The van der Waals surface area contributed by atoms with Crippen molar-refractivity contribution in [1.82, 2.24) is 4.90 Å². The van der Waals surface area contributed by atoms with Crippen LogP contribution in [0.2, 0.25) is 0 Å². The highest BCUT2D eigenvalue weighted by atomic mass is 19.1. The van der Waals surface area contributed by atoms with Gasteiger partial charge in [-0.25, -0.2) is 4.39 Å². The number of benzene rings is 2. The molecule has 3 atom stereocenters. The van der Waals surface area contributed by atoms with Crippen LogP contribution in [0.5, 0.6) is 0 Å². The molecule has 168 valence electrons. The molecular weight excluding hydrogens is 383 g/mol. The molecule has 0 bridgehead atoms. The average molecular weight is 423 g/mol. The number of hydrogen-bond acceptors (Lipinski definition) is 2. The summed E-state index contributed by atoms with van der Waals surface area (Å²) in [5.74, 6) is 0.429. The number of nitrogens with zero attached hydrogens (tertiary/aromatic N) is 2. The fourth-order valence-corrected chi connectivity index (χ4v) is 4.66. The van der Waals surface area contributed by atoms with E-state index in [0.717, 1.165) is 32.4 Å². The third-order valence-corrected chi connectivity index (χ3v) is 6.31. The van der Waals surface area contributed by atoms with E-state index in [4.69, 9.17) is 5.26 Å². The maximum Gasteiger partial charge on any atom is 0.101 e. The second-order valence-corrected chi connectivity index (χ2v) is 8.63. The maximum atomic E-state index is 13.5. The molecule has 0 heterocycles.